The average molecular weight is 279 g/mol. The van der Waals surface area contributed by atoms with Crippen LogP contribution >= 0.6 is 0 Å². The molecule has 0 aliphatic heterocycles. The Morgan fingerprint density at radius 2 is 1.89 bits per heavy atom. The van der Waals surface area contributed by atoms with Crippen LogP contribution in [0.3, 0.4) is 0 Å². The quantitative estimate of drug-likeness (QED) is 0.541. The molecule has 6 nitrogen and oxygen atoms in total. The molecule has 0 saturated carbocycles. The number of hydrogen-bond acceptors (Lipinski definition) is 4. The van der Waals surface area contributed by atoms with Gasteiger partial charge in [-0.15, -0.1) is 0 Å². The van der Waals surface area contributed by atoms with E-state index in [9.17, 15) is 13.2 Å². The minimum atomic E-state index is -3.50. The molecule has 0 saturated heterocycles. The molecule has 1 atom stereocenters. The Balaban J connectivity index is 3.87. The summed E-state index contributed by atoms with van der Waals surface area (Å²) >= 11 is 0. The van der Waals surface area contributed by atoms with Crippen LogP contribution < -0.4 is 16.2 Å². The molecule has 0 heterocycles. The van der Waals surface area contributed by atoms with Crippen LogP contribution in [0, 0.1) is 11.8 Å². The van der Waals surface area contributed by atoms with Gasteiger partial charge in [-0.1, -0.05) is 13.8 Å². The van der Waals surface area contributed by atoms with E-state index in [1.54, 1.807) is 0 Å². The second kappa shape index (κ2) is 8.44. The molecule has 0 aromatic rings. The first-order valence-corrected chi connectivity index (χ1v) is 7.95. The number of nitrogens with one attached hydrogen (secondary N) is 1. The first-order valence-electron chi connectivity index (χ1n) is 6.23. The summed E-state index contributed by atoms with van der Waals surface area (Å²) < 4.78 is 21.3. The molecular formula is C11H25N3O3S. The first-order chi connectivity index (χ1) is 8.26. The Morgan fingerprint density at radius 3 is 2.33 bits per heavy atom. The van der Waals surface area contributed by atoms with Crippen molar-refractivity contribution in [3.63, 3.8) is 0 Å². The van der Waals surface area contributed by atoms with Crippen LogP contribution in [0.1, 0.15) is 33.1 Å². The second-order valence-electron chi connectivity index (χ2n) is 4.84. The minimum absolute atomic E-state index is 0.0703. The van der Waals surface area contributed by atoms with Crippen LogP contribution in [-0.2, 0) is 14.8 Å². The fraction of sp³-hybridized carbons (Fsp3) is 0.909. The van der Waals surface area contributed by atoms with Gasteiger partial charge in [-0.25, -0.2) is 13.6 Å². The Kier molecular flexibility index (Phi) is 8.13. The monoisotopic (exact) mass is 279 g/mol. The van der Waals surface area contributed by atoms with Crippen molar-refractivity contribution in [3.8, 4) is 0 Å². The number of hydrogen-bond donors (Lipinski definition) is 3. The van der Waals surface area contributed by atoms with Crippen LogP contribution in [-0.4, -0.2) is 33.2 Å². The van der Waals surface area contributed by atoms with Crippen LogP contribution in [0.5, 0.6) is 0 Å². The van der Waals surface area contributed by atoms with Crippen LogP contribution in [0.2, 0.25) is 0 Å². The topological polar surface area (TPSA) is 115 Å². The fourth-order valence-corrected chi connectivity index (χ4v) is 2.15. The van der Waals surface area contributed by atoms with E-state index >= 15 is 0 Å². The van der Waals surface area contributed by atoms with Gasteiger partial charge >= 0.3 is 0 Å². The van der Waals surface area contributed by atoms with Crippen molar-refractivity contribution < 1.29 is 13.2 Å². The summed E-state index contributed by atoms with van der Waals surface area (Å²) in [6, 6.07) is 0. The lowest BCUT2D eigenvalue weighted by Gasteiger charge is -2.19. The molecule has 1 unspecified atom stereocenters. The zero-order valence-corrected chi connectivity index (χ0v) is 12.0. The largest absolute Gasteiger partial charge is 0.355 e. The van der Waals surface area contributed by atoms with Gasteiger partial charge in [0, 0.05) is 13.0 Å². The number of carbonyl (C=O) groups excluding carboxylic acids is 1. The Labute approximate surface area is 110 Å². The number of carbonyl (C=O) groups is 1. The summed E-state index contributed by atoms with van der Waals surface area (Å²) in [5.41, 5.74) is 5.52. The van der Waals surface area contributed by atoms with Crippen molar-refractivity contribution in [2.45, 2.75) is 33.1 Å². The highest BCUT2D eigenvalue weighted by Crippen LogP contribution is 2.20. The van der Waals surface area contributed by atoms with Gasteiger partial charge in [0.25, 0.3) is 0 Å². The molecule has 7 heteroatoms. The lowest BCUT2D eigenvalue weighted by molar-refractivity contribution is -0.121. The Bertz CT molecular complexity index is 341. The van der Waals surface area contributed by atoms with E-state index in [0.717, 1.165) is 12.8 Å². The summed E-state index contributed by atoms with van der Waals surface area (Å²) in [6.45, 7) is 4.91. The molecule has 0 aromatic carbocycles. The molecule has 0 spiro atoms. The smallest absolute Gasteiger partial charge is 0.220 e. The van der Waals surface area contributed by atoms with E-state index in [1.165, 1.54) is 0 Å². The van der Waals surface area contributed by atoms with Crippen LogP contribution in [0.25, 0.3) is 0 Å². The summed E-state index contributed by atoms with van der Waals surface area (Å²) in [5.74, 6) is 0.556. The predicted octanol–water partition coefficient (Wildman–Crippen LogP) is -0.208. The molecule has 0 bridgehead atoms. The van der Waals surface area contributed by atoms with E-state index in [2.05, 4.69) is 19.2 Å². The molecule has 1 amide bonds. The van der Waals surface area contributed by atoms with E-state index in [4.69, 9.17) is 10.9 Å². The number of amides is 1. The third-order valence-corrected chi connectivity index (χ3v) is 3.70. The minimum Gasteiger partial charge on any atom is -0.355 e. The van der Waals surface area contributed by atoms with E-state index in [1.807, 2.05) is 0 Å². The fourth-order valence-electron chi connectivity index (χ4n) is 1.76. The van der Waals surface area contributed by atoms with Crippen molar-refractivity contribution in [1.82, 2.24) is 5.32 Å². The van der Waals surface area contributed by atoms with Crippen molar-refractivity contribution in [2.75, 3.05) is 18.8 Å². The Hall–Kier alpha value is -0.660. The number of primary sulfonamides is 1. The van der Waals surface area contributed by atoms with Gasteiger partial charge in [-0.3, -0.25) is 4.79 Å². The van der Waals surface area contributed by atoms with E-state index in [-0.39, 0.29) is 18.2 Å². The molecule has 0 radical (unpaired) electrons. The van der Waals surface area contributed by atoms with Gasteiger partial charge in [0.15, 0.2) is 0 Å². The van der Waals surface area contributed by atoms with Gasteiger partial charge < -0.3 is 11.1 Å². The molecule has 0 aromatic heterocycles. The lowest BCUT2D eigenvalue weighted by Crippen LogP contribution is -2.31. The molecule has 0 rings (SSSR count). The highest BCUT2D eigenvalue weighted by molar-refractivity contribution is 7.89. The lowest BCUT2D eigenvalue weighted by atomic mass is 9.88. The zero-order chi connectivity index (χ0) is 14.2. The third-order valence-electron chi connectivity index (χ3n) is 2.93. The Morgan fingerprint density at radius 1 is 1.28 bits per heavy atom. The van der Waals surface area contributed by atoms with Gasteiger partial charge in [-0.2, -0.15) is 0 Å². The molecule has 0 fully saturated rings. The number of sulfonamides is 1. The highest BCUT2D eigenvalue weighted by atomic mass is 32.2. The second-order valence-corrected chi connectivity index (χ2v) is 6.57. The molecular weight excluding hydrogens is 254 g/mol. The zero-order valence-electron chi connectivity index (χ0n) is 11.2. The summed E-state index contributed by atoms with van der Waals surface area (Å²) in [6.07, 6.45) is 2.08. The molecule has 0 aliphatic rings. The van der Waals surface area contributed by atoms with Crippen molar-refractivity contribution in [3.05, 3.63) is 0 Å². The van der Waals surface area contributed by atoms with Gasteiger partial charge in [0.05, 0.1) is 5.75 Å². The standard InChI is InChI=1S/C11H25N3O3S/c1-9(2)10(5-6-12)3-4-11(15)14-7-8-18(13,16)17/h9-10H,3-8,12H2,1-2H3,(H,14,15)(H2,13,16,17). The maximum Gasteiger partial charge on any atom is 0.220 e. The third kappa shape index (κ3) is 9.38. The SMILES string of the molecule is CC(C)C(CCN)CCC(=O)NCCS(N)(=O)=O. The summed E-state index contributed by atoms with van der Waals surface area (Å²) in [7, 11) is -3.50. The molecule has 0 aliphatic carbocycles. The molecule has 108 valence electrons. The van der Waals surface area contributed by atoms with Crippen LogP contribution in [0.15, 0.2) is 0 Å². The van der Waals surface area contributed by atoms with Crippen molar-refractivity contribution in [1.29, 1.82) is 0 Å². The van der Waals surface area contributed by atoms with E-state index in [0.29, 0.717) is 24.8 Å². The van der Waals surface area contributed by atoms with Crippen LogP contribution in [0.4, 0.5) is 0 Å². The van der Waals surface area contributed by atoms with Gasteiger partial charge in [0.2, 0.25) is 15.9 Å². The van der Waals surface area contributed by atoms with Crippen molar-refractivity contribution in [2.24, 2.45) is 22.7 Å². The summed E-state index contributed by atoms with van der Waals surface area (Å²) in [4.78, 5) is 11.5. The predicted molar refractivity (Wildman–Crippen MR) is 72.2 cm³/mol. The highest BCUT2D eigenvalue weighted by Gasteiger charge is 2.14. The molecule has 18 heavy (non-hydrogen) atoms. The number of nitrogens with two attached hydrogens (primary N) is 2. The first kappa shape index (κ1) is 17.3. The maximum absolute atomic E-state index is 11.5. The average Bonchev–Trinajstić information content (AvgIpc) is 2.21. The maximum atomic E-state index is 11.5. The van der Waals surface area contributed by atoms with Gasteiger partial charge in [-0.05, 0) is 31.2 Å². The molecule has 5 N–H and O–H groups in total. The van der Waals surface area contributed by atoms with Gasteiger partial charge in [0.1, 0.15) is 0 Å². The van der Waals surface area contributed by atoms with Crippen molar-refractivity contribution >= 4 is 15.9 Å². The summed E-state index contributed by atoms with van der Waals surface area (Å²) in [5, 5.41) is 7.38. The van der Waals surface area contributed by atoms with E-state index < -0.39 is 10.0 Å². The normalized spacial score (nSPS) is 13.6. The number of rotatable bonds is 9.